The fourth-order valence-corrected chi connectivity index (χ4v) is 2.72. The van der Waals surface area contributed by atoms with Gasteiger partial charge in [-0.2, -0.15) is 0 Å². The largest absolute Gasteiger partial charge is 0.250 e. The molecule has 0 amide bonds. The number of rotatable bonds is 11. The van der Waals surface area contributed by atoms with Gasteiger partial charge in [0.1, 0.15) is 0 Å². The monoisotopic (exact) mass is 297 g/mol. The average Bonchev–Trinajstić information content (AvgIpc) is 2.98. The van der Waals surface area contributed by atoms with Crippen LogP contribution < -0.4 is 0 Å². The Kier molecular flexibility index (Phi) is 16.4. The lowest BCUT2D eigenvalue weighted by atomic mass is 10.1. The first-order valence-electron chi connectivity index (χ1n) is 8.72. The fraction of sp³-hybridized carbons (Fsp3) is 0.833. The minimum Gasteiger partial charge on any atom is -0.250 e. The van der Waals surface area contributed by atoms with Crippen LogP contribution in [-0.2, 0) is 6.42 Å². The van der Waals surface area contributed by atoms with Crippen LogP contribution >= 0.6 is 11.3 Å². The van der Waals surface area contributed by atoms with Gasteiger partial charge in [-0.3, -0.25) is 0 Å². The molecule has 1 aromatic heterocycles. The molecule has 0 bridgehead atoms. The van der Waals surface area contributed by atoms with Crippen molar-refractivity contribution in [3.8, 4) is 0 Å². The Morgan fingerprint density at radius 1 is 0.750 bits per heavy atom. The fourth-order valence-electron chi connectivity index (χ4n) is 2.12. The van der Waals surface area contributed by atoms with Crippen LogP contribution in [0.15, 0.2) is 10.9 Å². The van der Waals surface area contributed by atoms with Crippen LogP contribution in [0.5, 0.6) is 0 Å². The minimum absolute atomic E-state index is 1.17. The molecule has 118 valence electrons. The zero-order valence-electron chi connectivity index (χ0n) is 14.0. The molecule has 1 nitrogen and oxygen atoms in total. The van der Waals surface area contributed by atoms with E-state index in [-0.39, 0.29) is 0 Å². The summed E-state index contributed by atoms with van der Waals surface area (Å²) in [4.78, 5) is 4.25. The lowest BCUT2D eigenvalue weighted by Crippen LogP contribution is -1.85. The molecule has 0 spiro atoms. The van der Waals surface area contributed by atoms with Crippen LogP contribution in [0.3, 0.4) is 0 Å². The second kappa shape index (κ2) is 16.7. The molecule has 0 fully saturated rings. The van der Waals surface area contributed by atoms with Gasteiger partial charge in [-0.1, -0.05) is 85.0 Å². The van der Waals surface area contributed by atoms with E-state index in [2.05, 4.69) is 31.1 Å². The van der Waals surface area contributed by atoms with Crippen molar-refractivity contribution in [3.05, 3.63) is 16.6 Å². The lowest BCUT2D eigenvalue weighted by Gasteiger charge is -1.97. The van der Waals surface area contributed by atoms with Crippen LogP contribution in [0.25, 0.3) is 0 Å². The maximum Gasteiger partial charge on any atom is 0.0794 e. The molecular weight excluding hydrogens is 262 g/mol. The summed E-state index contributed by atoms with van der Waals surface area (Å²) in [5, 5.41) is 2.15. The van der Waals surface area contributed by atoms with E-state index in [1.165, 1.54) is 82.7 Å². The number of unbranched alkanes of at least 4 members (excludes halogenated alkanes) is 9. The van der Waals surface area contributed by atoms with Gasteiger partial charge in [-0.05, 0) is 12.8 Å². The van der Waals surface area contributed by atoms with E-state index in [0.29, 0.717) is 0 Å². The van der Waals surface area contributed by atoms with Crippen molar-refractivity contribution in [2.24, 2.45) is 0 Å². The first-order valence-corrected chi connectivity index (χ1v) is 9.66. The van der Waals surface area contributed by atoms with Crippen molar-refractivity contribution in [3.63, 3.8) is 0 Å². The van der Waals surface area contributed by atoms with E-state index < -0.39 is 0 Å². The van der Waals surface area contributed by atoms with E-state index >= 15 is 0 Å². The van der Waals surface area contributed by atoms with Gasteiger partial charge in [0.05, 0.1) is 11.2 Å². The van der Waals surface area contributed by atoms with Crippen LogP contribution in [0, 0.1) is 0 Å². The van der Waals surface area contributed by atoms with Crippen LogP contribution in [0.1, 0.15) is 97.1 Å². The van der Waals surface area contributed by atoms with E-state index in [0.717, 1.165) is 0 Å². The zero-order chi connectivity index (χ0) is 14.9. The summed E-state index contributed by atoms with van der Waals surface area (Å²) >= 11 is 1.70. The molecule has 0 saturated heterocycles. The van der Waals surface area contributed by atoms with Crippen LogP contribution in [0.2, 0.25) is 0 Å². The SMILES string of the molecule is CCCCCCCC.CCCCCCCc1cscn1. The molecule has 0 saturated carbocycles. The summed E-state index contributed by atoms with van der Waals surface area (Å²) in [6, 6.07) is 0. The highest BCUT2D eigenvalue weighted by Gasteiger charge is 1.94. The molecule has 0 aliphatic carbocycles. The smallest absolute Gasteiger partial charge is 0.0794 e. The topological polar surface area (TPSA) is 12.9 Å². The summed E-state index contributed by atoms with van der Waals surface area (Å²) in [6.07, 6.45) is 16.4. The first kappa shape index (κ1) is 19.6. The molecule has 1 aromatic rings. The van der Waals surface area contributed by atoms with Crippen molar-refractivity contribution < 1.29 is 0 Å². The maximum absolute atomic E-state index is 4.25. The van der Waals surface area contributed by atoms with Crippen molar-refractivity contribution in [2.45, 2.75) is 97.8 Å². The summed E-state index contributed by atoms with van der Waals surface area (Å²) in [6.45, 7) is 6.76. The Hall–Kier alpha value is -0.370. The highest BCUT2D eigenvalue weighted by Crippen LogP contribution is 2.08. The van der Waals surface area contributed by atoms with Crippen LogP contribution in [0.4, 0.5) is 0 Å². The zero-order valence-corrected chi connectivity index (χ0v) is 14.8. The van der Waals surface area contributed by atoms with Gasteiger partial charge in [0.15, 0.2) is 0 Å². The van der Waals surface area contributed by atoms with Gasteiger partial charge >= 0.3 is 0 Å². The maximum atomic E-state index is 4.25. The Bertz CT molecular complexity index is 250. The molecule has 0 aliphatic rings. The predicted molar refractivity (Wildman–Crippen MR) is 93.6 cm³/mol. The quantitative estimate of drug-likeness (QED) is 0.400. The number of aryl methyl sites for hydroxylation is 1. The highest BCUT2D eigenvalue weighted by molar-refractivity contribution is 7.07. The molecule has 0 atom stereocenters. The van der Waals surface area contributed by atoms with Gasteiger partial charge in [-0.25, -0.2) is 4.98 Å². The molecule has 2 heteroatoms. The molecule has 1 rings (SSSR count). The number of hydrogen-bond donors (Lipinski definition) is 0. The van der Waals surface area contributed by atoms with Gasteiger partial charge in [0, 0.05) is 5.38 Å². The second-order valence-electron chi connectivity index (χ2n) is 5.56. The van der Waals surface area contributed by atoms with Crippen LogP contribution in [-0.4, -0.2) is 4.98 Å². The standard InChI is InChI=1S/C10H17NS.C8H18/c1-2-3-4-5-6-7-10-8-12-9-11-10;1-3-5-7-8-6-4-2/h8-9H,2-7H2,1H3;3-8H2,1-2H3. The van der Waals surface area contributed by atoms with Gasteiger partial charge in [0.2, 0.25) is 0 Å². The first-order chi connectivity index (χ1) is 9.85. The normalized spacial score (nSPS) is 10.2. The van der Waals surface area contributed by atoms with Crippen molar-refractivity contribution in [2.75, 3.05) is 0 Å². The van der Waals surface area contributed by atoms with Crippen molar-refractivity contribution >= 4 is 11.3 Å². The van der Waals surface area contributed by atoms with E-state index in [1.807, 2.05) is 5.51 Å². The molecule has 0 aliphatic heterocycles. The Labute approximate surface area is 131 Å². The highest BCUT2D eigenvalue weighted by atomic mass is 32.1. The number of aromatic nitrogens is 1. The van der Waals surface area contributed by atoms with E-state index in [9.17, 15) is 0 Å². The second-order valence-corrected chi connectivity index (χ2v) is 6.28. The van der Waals surface area contributed by atoms with Gasteiger partial charge in [0.25, 0.3) is 0 Å². The summed E-state index contributed by atoms with van der Waals surface area (Å²) in [5.74, 6) is 0. The summed E-state index contributed by atoms with van der Waals surface area (Å²) < 4.78 is 0. The molecular formula is C18H35NS. The molecule has 0 radical (unpaired) electrons. The molecule has 0 unspecified atom stereocenters. The van der Waals surface area contributed by atoms with Gasteiger partial charge in [-0.15, -0.1) is 11.3 Å². The number of hydrogen-bond acceptors (Lipinski definition) is 2. The van der Waals surface area contributed by atoms with E-state index in [4.69, 9.17) is 0 Å². The Morgan fingerprint density at radius 2 is 1.25 bits per heavy atom. The Morgan fingerprint density at radius 3 is 1.65 bits per heavy atom. The summed E-state index contributed by atoms with van der Waals surface area (Å²) in [5.41, 5.74) is 3.19. The summed E-state index contributed by atoms with van der Waals surface area (Å²) in [7, 11) is 0. The number of thiazole rings is 1. The van der Waals surface area contributed by atoms with Gasteiger partial charge < -0.3 is 0 Å². The minimum atomic E-state index is 1.17. The van der Waals surface area contributed by atoms with Crippen molar-refractivity contribution in [1.82, 2.24) is 4.98 Å². The predicted octanol–water partition coefficient (Wildman–Crippen LogP) is 7.02. The molecule has 0 N–H and O–H groups in total. The third-order valence-electron chi connectivity index (χ3n) is 3.48. The van der Waals surface area contributed by atoms with Crippen molar-refractivity contribution in [1.29, 1.82) is 0 Å². The number of nitrogens with zero attached hydrogens (tertiary/aromatic N) is 1. The Balaban J connectivity index is 0.000000396. The third kappa shape index (κ3) is 14.0. The lowest BCUT2D eigenvalue weighted by molar-refractivity contribution is 0.624. The molecule has 0 aromatic carbocycles. The van der Waals surface area contributed by atoms with E-state index in [1.54, 1.807) is 11.3 Å². The average molecular weight is 298 g/mol. The molecule has 1 heterocycles. The molecule has 20 heavy (non-hydrogen) atoms. The third-order valence-corrected chi connectivity index (χ3v) is 4.11.